The first kappa shape index (κ1) is 11.6. The molecule has 1 N–H and O–H groups in total. The molecule has 8 heavy (non-hydrogen) atoms. The van der Waals surface area contributed by atoms with Crippen molar-refractivity contribution in [3.05, 3.63) is 0 Å². The van der Waals surface area contributed by atoms with Gasteiger partial charge in [-0.2, -0.15) is 0 Å². The maximum Gasteiger partial charge on any atom is 0.230 e. The Kier molecular flexibility index (Phi) is 8.52. The number of hydrogen-bond donors (Lipinski definition) is 1. The van der Waals surface area contributed by atoms with E-state index in [0.717, 1.165) is 0 Å². The highest BCUT2D eigenvalue weighted by molar-refractivity contribution is 14.0. The van der Waals surface area contributed by atoms with Crippen LogP contribution >= 0.6 is 36.2 Å². The van der Waals surface area contributed by atoms with Gasteiger partial charge in [-0.1, -0.05) is 0 Å². The van der Waals surface area contributed by atoms with Crippen molar-refractivity contribution in [2.45, 2.75) is 0 Å². The first-order chi connectivity index (χ1) is 3.18. The van der Waals surface area contributed by atoms with E-state index in [1.54, 1.807) is 6.26 Å². The van der Waals surface area contributed by atoms with Crippen LogP contribution in [0.2, 0.25) is 0 Å². The molecule has 50 valence electrons. The van der Waals surface area contributed by atoms with Crippen LogP contribution in [0.3, 0.4) is 0 Å². The van der Waals surface area contributed by atoms with E-state index in [4.69, 9.17) is 4.78 Å². The van der Waals surface area contributed by atoms with Crippen LogP contribution in [0.4, 0.5) is 0 Å². The Bertz CT molecular complexity index is 105. The van der Waals surface area contributed by atoms with Crippen LogP contribution in [0.5, 0.6) is 0 Å². The molecule has 0 saturated heterocycles. The lowest BCUT2D eigenvalue weighted by Crippen LogP contribution is -2.01. The van der Waals surface area contributed by atoms with Crippen LogP contribution in [0.15, 0.2) is 0 Å². The average molecular weight is 265 g/mol. The summed E-state index contributed by atoms with van der Waals surface area (Å²) in [5.41, 5.74) is 0. The summed E-state index contributed by atoms with van der Waals surface area (Å²) in [4.78, 5) is 0. The Morgan fingerprint density at radius 1 is 1.75 bits per heavy atom. The summed E-state index contributed by atoms with van der Waals surface area (Å²) in [6.45, 7) is 0. The van der Waals surface area contributed by atoms with Crippen LogP contribution in [0.25, 0.3) is 0 Å². The molecule has 0 amide bonds. The topological polar surface area (TPSA) is 33.1 Å². The zero-order chi connectivity index (χ0) is 5.86. The molecule has 0 heterocycles. The fourth-order valence-corrected chi connectivity index (χ4v) is 0.375. The second kappa shape index (κ2) is 5.90. The number of methoxy groups -OCH3 is 1. The molecular weight excluding hydrogens is 257 g/mol. The van der Waals surface area contributed by atoms with Gasteiger partial charge in [0.2, 0.25) is 4.38 Å². The van der Waals surface area contributed by atoms with Gasteiger partial charge < -0.3 is 4.74 Å². The van der Waals surface area contributed by atoms with E-state index >= 15 is 0 Å². The van der Waals surface area contributed by atoms with Crippen LogP contribution in [0, 0.1) is 4.78 Å². The summed E-state index contributed by atoms with van der Waals surface area (Å²) < 4.78 is 11.9. The van der Waals surface area contributed by atoms with Crippen molar-refractivity contribution in [3.8, 4) is 0 Å². The Morgan fingerprint density at radius 3 is 2.12 bits per heavy atom. The van der Waals surface area contributed by atoms with Gasteiger partial charge in [0.25, 0.3) is 0 Å². The minimum Gasteiger partial charge on any atom is -0.481 e. The van der Waals surface area contributed by atoms with Gasteiger partial charge in [-0.3, -0.25) is 4.78 Å². The van der Waals surface area contributed by atoms with Crippen molar-refractivity contribution in [2.75, 3.05) is 13.4 Å². The molecule has 0 saturated carbocycles. The van der Waals surface area contributed by atoms with Gasteiger partial charge in [0.1, 0.15) is 0 Å². The lowest BCUT2D eigenvalue weighted by atomic mass is 11.5. The predicted molar refractivity (Wildman–Crippen MR) is 51.0 cm³/mol. The van der Waals surface area contributed by atoms with Crippen LogP contribution in [0.1, 0.15) is 0 Å². The molecule has 0 aromatic carbocycles. The van der Waals surface area contributed by atoms with Gasteiger partial charge in [0.15, 0.2) is 0 Å². The summed E-state index contributed by atoms with van der Waals surface area (Å²) in [6.07, 6.45) is 1.70. The minimum absolute atomic E-state index is 0. The van der Waals surface area contributed by atoms with E-state index < -0.39 is 10.7 Å². The zero-order valence-corrected chi connectivity index (χ0v) is 8.60. The van der Waals surface area contributed by atoms with Gasteiger partial charge in [-0.15, -0.1) is 24.0 Å². The van der Waals surface area contributed by atoms with Crippen LogP contribution in [-0.4, -0.2) is 17.7 Å². The lowest BCUT2D eigenvalue weighted by molar-refractivity contribution is 0.426. The molecule has 0 aromatic rings. The number of thiocarbonyl (C=S) groups is 1. The van der Waals surface area contributed by atoms with Gasteiger partial charge in [-0.05, 0) is 22.9 Å². The number of ether oxygens (including phenoxy) is 1. The Balaban J connectivity index is 0. The van der Waals surface area contributed by atoms with Crippen molar-refractivity contribution < 1.29 is 4.74 Å². The van der Waals surface area contributed by atoms with E-state index in [9.17, 15) is 0 Å². The first-order valence-electron chi connectivity index (χ1n) is 1.63. The summed E-state index contributed by atoms with van der Waals surface area (Å²) in [7, 11) is 0.885. The van der Waals surface area contributed by atoms with E-state index in [-0.39, 0.29) is 24.0 Å². The van der Waals surface area contributed by atoms with Crippen molar-refractivity contribution >= 4 is 51.3 Å². The molecule has 0 aliphatic carbocycles. The smallest absolute Gasteiger partial charge is 0.230 e. The SMILES string of the molecule is COC(=S)S(C)=N.I. The largest absolute Gasteiger partial charge is 0.481 e. The summed E-state index contributed by atoms with van der Waals surface area (Å²) in [5.74, 6) is 0. The summed E-state index contributed by atoms with van der Waals surface area (Å²) in [5, 5.41) is 0. The van der Waals surface area contributed by atoms with Crippen molar-refractivity contribution in [1.82, 2.24) is 0 Å². The van der Waals surface area contributed by atoms with Crippen molar-refractivity contribution in [1.29, 1.82) is 4.78 Å². The van der Waals surface area contributed by atoms with Gasteiger partial charge in [0.05, 0.1) is 7.11 Å². The fraction of sp³-hybridized carbons (Fsp3) is 0.667. The maximum atomic E-state index is 6.95. The van der Waals surface area contributed by atoms with Gasteiger partial charge in [0, 0.05) is 6.26 Å². The Hall–Kier alpha value is 0.770. The van der Waals surface area contributed by atoms with Gasteiger partial charge in [-0.25, -0.2) is 0 Å². The number of hydrogen-bond acceptors (Lipinski definition) is 3. The number of halogens is 1. The Morgan fingerprint density at radius 2 is 2.12 bits per heavy atom. The van der Waals surface area contributed by atoms with Crippen LogP contribution < -0.4 is 0 Å². The maximum absolute atomic E-state index is 6.95. The third-order valence-corrected chi connectivity index (χ3v) is 2.00. The minimum atomic E-state index is -0.601. The molecule has 0 rings (SSSR count). The molecule has 0 bridgehead atoms. The summed E-state index contributed by atoms with van der Waals surface area (Å²) >= 11 is 4.58. The van der Waals surface area contributed by atoms with Crippen molar-refractivity contribution in [3.63, 3.8) is 0 Å². The van der Waals surface area contributed by atoms with E-state index in [2.05, 4.69) is 17.0 Å². The highest BCUT2D eigenvalue weighted by atomic mass is 127. The monoisotopic (exact) mass is 265 g/mol. The average Bonchev–Trinajstić information content (AvgIpc) is 1.65. The molecule has 0 aliphatic rings. The second-order valence-electron chi connectivity index (χ2n) is 0.964. The molecule has 0 aliphatic heterocycles. The molecule has 5 heteroatoms. The molecule has 0 fully saturated rings. The zero-order valence-electron chi connectivity index (χ0n) is 4.63. The van der Waals surface area contributed by atoms with Crippen LogP contribution in [-0.2, 0) is 15.4 Å². The molecule has 1 atom stereocenters. The molecule has 0 aromatic heterocycles. The molecule has 0 spiro atoms. The van der Waals surface area contributed by atoms with E-state index in [1.165, 1.54) is 7.11 Å². The quantitative estimate of drug-likeness (QED) is 0.532. The highest BCUT2D eigenvalue weighted by Crippen LogP contribution is 1.83. The standard InChI is InChI=1S/C3H7NOS2.HI/c1-5-3(6)7(2)4;/h4H,1-2H3;1H. The van der Waals surface area contributed by atoms with E-state index in [1.807, 2.05) is 0 Å². The second-order valence-corrected chi connectivity index (χ2v) is 2.99. The molecule has 1 unspecified atom stereocenters. The number of nitrogens with one attached hydrogen (secondary N) is 1. The summed E-state index contributed by atoms with van der Waals surface area (Å²) in [6, 6.07) is 0. The molecule has 0 radical (unpaired) electrons. The number of rotatable bonds is 0. The fourth-order valence-electron chi connectivity index (χ4n) is 0.125. The van der Waals surface area contributed by atoms with Gasteiger partial charge >= 0.3 is 0 Å². The lowest BCUT2D eigenvalue weighted by Gasteiger charge is -1.95. The predicted octanol–water partition coefficient (Wildman–Crippen LogP) is 1.55. The molecule has 2 nitrogen and oxygen atoms in total. The molecular formula is C3H8INOS2. The third kappa shape index (κ3) is 4.92. The Labute approximate surface area is 73.9 Å². The van der Waals surface area contributed by atoms with Crippen molar-refractivity contribution in [2.24, 2.45) is 0 Å². The first-order valence-corrected chi connectivity index (χ1v) is 3.67. The normalized spacial score (nSPS) is 11.2. The van der Waals surface area contributed by atoms with E-state index in [0.29, 0.717) is 4.38 Å². The third-order valence-electron chi connectivity index (χ3n) is 0.417. The highest BCUT2D eigenvalue weighted by Gasteiger charge is 1.90.